The molecule has 0 radical (unpaired) electrons. The van der Waals surface area contributed by atoms with Gasteiger partial charge in [0.2, 0.25) is 11.8 Å². The number of ether oxygens (including phenoxy) is 1. The number of pyridine rings is 1. The average Bonchev–Trinajstić information content (AvgIpc) is 3.62. The van der Waals surface area contributed by atoms with Gasteiger partial charge >= 0.3 is 0 Å². The first-order valence-corrected chi connectivity index (χ1v) is 14.1. The summed E-state index contributed by atoms with van der Waals surface area (Å²) in [5, 5.41) is 3.60. The van der Waals surface area contributed by atoms with Crippen LogP contribution in [0.3, 0.4) is 0 Å². The minimum Gasteiger partial charge on any atom is -0.381 e. The van der Waals surface area contributed by atoms with Crippen molar-refractivity contribution in [3.05, 3.63) is 53.2 Å². The number of hydrogen-bond acceptors (Lipinski definition) is 5. The second kappa shape index (κ2) is 10.4. The van der Waals surface area contributed by atoms with E-state index < -0.39 is 0 Å². The fraction of sp³-hybridized carbons (Fsp3) is 0.567. The highest BCUT2D eigenvalue weighted by molar-refractivity contribution is 6.00. The number of para-hydroxylation sites is 1. The smallest absolute Gasteiger partial charge is 0.236 e. The largest absolute Gasteiger partial charge is 0.381 e. The second-order valence-electron chi connectivity index (χ2n) is 11.3. The Balaban J connectivity index is 1.24. The van der Waals surface area contributed by atoms with Crippen LogP contribution in [0.4, 0.5) is 11.5 Å². The van der Waals surface area contributed by atoms with E-state index in [1.54, 1.807) is 0 Å². The molecule has 3 fully saturated rings. The lowest BCUT2D eigenvalue weighted by Gasteiger charge is -2.39. The third-order valence-corrected chi connectivity index (χ3v) is 8.87. The molecule has 0 bridgehead atoms. The molecule has 2 saturated heterocycles. The zero-order valence-electron chi connectivity index (χ0n) is 21.8. The van der Waals surface area contributed by atoms with Crippen molar-refractivity contribution in [3.8, 4) is 0 Å². The van der Waals surface area contributed by atoms with Gasteiger partial charge in [-0.3, -0.25) is 9.59 Å². The lowest BCUT2D eigenvalue weighted by atomic mass is 9.79. The summed E-state index contributed by atoms with van der Waals surface area (Å²) in [4.78, 5) is 36.0. The number of benzene rings is 1. The van der Waals surface area contributed by atoms with Crippen LogP contribution < -0.4 is 10.2 Å². The van der Waals surface area contributed by atoms with Crippen LogP contribution in [0, 0.1) is 18.8 Å². The van der Waals surface area contributed by atoms with E-state index in [1.165, 1.54) is 12.8 Å². The second-order valence-corrected chi connectivity index (χ2v) is 11.3. The highest BCUT2D eigenvalue weighted by Gasteiger charge is 2.41. The SMILES string of the molecule is Cc1ccccc1N1Cc2ccc(NC3CCN(C(=O)C4CCCC4)C3)nc2C(C2CCOCC2)C1=O. The molecule has 1 N–H and O–H groups in total. The maximum absolute atomic E-state index is 14.0. The molecule has 7 nitrogen and oxygen atoms in total. The Kier molecular flexibility index (Phi) is 6.89. The van der Waals surface area contributed by atoms with Gasteiger partial charge in [0.1, 0.15) is 5.82 Å². The Morgan fingerprint density at radius 2 is 1.81 bits per heavy atom. The summed E-state index contributed by atoms with van der Waals surface area (Å²) < 4.78 is 5.63. The lowest BCUT2D eigenvalue weighted by molar-refractivity contribution is -0.134. The third kappa shape index (κ3) is 4.86. The van der Waals surface area contributed by atoms with Crippen molar-refractivity contribution >= 4 is 23.3 Å². The first kappa shape index (κ1) is 24.4. The van der Waals surface area contributed by atoms with E-state index >= 15 is 0 Å². The summed E-state index contributed by atoms with van der Waals surface area (Å²) >= 11 is 0. The Hall–Kier alpha value is -2.93. The Morgan fingerprint density at radius 1 is 1.03 bits per heavy atom. The Labute approximate surface area is 219 Å². The molecule has 1 aromatic carbocycles. The predicted molar refractivity (Wildman–Crippen MR) is 143 cm³/mol. The van der Waals surface area contributed by atoms with Crippen molar-refractivity contribution in [1.82, 2.24) is 9.88 Å². The van der Waals surface area contributed by atoms with Gasteiger partial charge in [-0.15, -0.1) is 0 Å². The number of aromatic nitrogens is 1. The number of rotatable bonds is 5. The molecule has 1 aliphatic carbocycles. The molecule has 7 heteroatoms. The van der Waals surface area contributed by atoms with Crippen LogP contribution in [-0.2, 0) is 20.9 Å². The van der Waals surface area contributed by atoms with Gasteiger partial charge in [0.05, 0.1) is 18.2 Å². The summed E-state index contributed by atoms with van der Waals surface area (Å²) in [5.74, 6) is 1.48. The van der Waals surface area contributed by atoms with Gasteiger partial charge in [-0.25, -0.2) is 4.98 Å². The van der Waals surface area contributed by atoms with Crippen molar-refractivity contribution in [1.29, 1.82) is 0 Å². The van der Waals surface area contributed by atoms with Crippen LogP contribution in [-0.4, -0.2) is 54.0 Å². The van der Waals surface area contributed by atoms with Crippen molar-refractivity contribution in [2.45, 2.75) is 70.4 Å². The predicted octanol–water partition coefficient (Wildman–Crippen LogP) is 4.65. The number of carbonyl (C=O) groups excluding carboxylic acids is 2. The van der Waals surface area contributed by atoms with E-state index in [4.69, 9.17) is 9.72 Å². The van der Waals surface area contributed by atoms with Gasteiger partial charge < -0.3 is 19.9 Å². The molecule has 2 unspecified atom stereocenters. The Morgan fingerprint density at radius 3 is 2.59 bits per heavy atom. The van der Waals surface area contributed by atoms with Gasteiger partial charge in [0.15, 0.2) is 0 Å². The van der Waals surface area contributed by atoms with Gasteiger partial charge in [-0.2, -0.15) is 0 Å². The minimum atomic E-state index is -0.266. The van der Waals surface area contributed by atoms with E-state index in [-0.39, 0.29) is 29.7 Å². The number of carbonyl (C=O) groups is 2. The molecule has 6 rings (SSSR count). The van der Waals surface area contributed by atoms with E-state index in [2.05, 4.69) is 24.4 Å². The molecule has 2 amide bonds. The standard InChI is InChI=1S/C30H38N4O3/c1-20-6-2-5-9-25(20)34-18-23-10-11-26(32-28(23)27(30(34)36)21-13-16-37-17-14-21)31-24-12-15-33(19-24)29(35)22-7-3-4-8-22/h2,5-6,9-11,21-22,24,27H,3-4,7-8,12-19H2,1H3,(H,31,32). The van der Waals surface area contributed by atoms with Crippen LogP contribution in [0.15, 0.2) is 36.4 Å². The zero-order chi connectivity index (χ0) is 25.4. The molecule has 2 atom stereocenters. The number of nitrogens with one attached hydrogen (secondary N) is 1. The van der Waals surface area contributed by atoms with Crippen molar-refractivity contribution < 1.29 is 14.3 Å². The van der Waals surface area contributed by atoms with Crippen LogP contribution >= 0.6 is 0 Å². The van der Waals surface area contributed by atoms with E-state index in [9.17, 15) is 9.59 Å². The highest BCUT2D eigenvalue weighted by Crippen LogP contribution is 2.41. The molecule has 4 aliphatic rings. The minimum absolute atomic E-state index is 0.146. The molecule has 37 heavy (non-hydrogen) atoms. The van der Waals surface area contributed by atoms with Gasteiger partial charge in [-0.1, -0.05) is 37.1 Å². The summed E-state index contributed by atoms with van der Waals surface area (Å²) in [6, 6.07) is 12.5. The van der Waals surface area contributed by atoms with E-state index in [0.717, 1.165) is 73.5 Å². The van der Waals surface area contributed by atoms with Crippen LogP contribution in [0.2, 0.25) is 0 Å². The highest BCUT2D eigenvalue weighted by atomic mass is 16.5. The Bertz CT molecular complexity index is 1160. The van der Waals surface area contributed by atoms with Crippen molar-refractivity contribution in [2.24, 2.45) is 11.8 Å². The zero-order valence-corrected chi connectivity index (χ0v) is 21.8. The number of amides is 2. The molecular formula is C30H38N4O3. The van der Waals surface area contributed by atoms with Crippen LogP contribution in [0.5, 0.6) is 0 Å². The molecular weight excluding hydrogens is 464 g/mol. The van der Waals surface area contributed by atoms with Gasteiger partial charge in [0, 0.05) is 44.0 Å². The molecule has 4 heterocycles. The number of likely N-dealkylation sites (tertiary alicyclic amines) is 1. The first-order chi connectivity index (χ1) is 18.1. The van der Waals surface area contributed by atoms with E-state index in [0.29, 0.717) is 25.7 Å². The third-order valence-electron chi connectivity index (χ3n) is 8.87. The maximum Gasteiger partial charge on any atom is 0.236 e. The normalized spacial score (nSPS) is 24.9. The lowest BCUT2D eigenvalue weighted by Crippen LogP contribution is -2.44. The topological polar surface area (TPSA) is 74.8 Å². The molecule has 196 valence electrons. The maximum atomic E-state index is 14.0. The van der Waals surface area contributed by atoms with Crippen molar-refractivity contribution in [2.75, 3.05) is 36.5 Å². The molecule has 3 aliphatic heterocycles. The average molecular weight is 503 g/mol. The van der Waals surface area contributed by atoms with Crippen LogP contribution in [0.25, 0.3) is 0 Å². The fourth-order valence-corrected chi connectivity index (χ4v) is 6.78. The molecule has 0 spiro atoms. The quantitative estimate of drug-likeness (QED) is 0.644. The first-order valence-electron chi connectivity index (χ1n) is 14.1. The van der Waals surface area contributed by atoms with Gasteiger partial charge in [-0.05, 0) is 68.2 Å². The monoisotopic (exact) mass is 502 g/mol. The van der Waals surface area contributed by atoms with E-state index in [1.807, 2.05) is 34.1 Å². The number of hydrogen-bond donors (Lipinski definition) is 1. The van der Waals surface area contributed by atoms with Crippen molar-refractivity contribution in [3.63, 3.8) is 0 Å². The fourth-order valence-electron chi connectivity index (χ4n) is 6.78. The summed E-state index contributed by atoms with van der Waals surface area (Å²) in [7, 11) is 0. The van der Waals surface area contributed by atoms with Crippen LogP contribution in [0.1, 0.15) is 67.7 Å². The summed E-state index contributed by atoms with van der Waals surface area (Å²) in [5.41, 5.74) is 4.13. The number of aryl methyl sites for hydroxylation is 1. The van der Waals surface area contributed by atoms with Gasteiger partial charge in [0.25, 0.3) is 0 Å². The number of nitrogens with zero attached hydrogens (tertiary/aromatic N) is 3. The summed E-state index contributed by atoms with van der Waals surface area (Å²) in [6.45, 7) is 5.54. The molecule has 1 aromatic heterocycles. The molecule has 1 saturated carbocycles. The summed E-state index contributed by atoms with van der Waals surface area (Å²) in [6.07, 6.45) is 7.12. The number of anilines is 2. The molecule has 2 aromatic rings. The number of fused-ring (bicyclic) bond motifs is 1.